The number of aliphatic hydroxyl groups is 1. The molecule has 0 atom stereocenters. The molecule has 4 N–H and O–H groups in total. The summed E-state index contributed by atoms with van der Waals surface area (Å²) < 4.78 is 0. The standard InChI is InChI=1S/C30H38N8OS/c31-12-13-37-14-16-38(17-15-37)27-11-10-26-29(36-27)40-28(35-26)20-24-19-23(18-21-4-2-1-3-5-21)33-30(34-24)32-22-6-8-25(39)9-7-22/h1-5,10-11,19,22,25,39H,6-9,12-18,20,31H2,(H,32,33,34). The first kappa shape index (κ1) is 27.0. The van der Waals surface area contributed by atoms with Gasteiger partial charge in [0.2, 0.25) is 5.95 Å². The predicted molar refractivity (Wildman–Crippen MR) is 161 cm³/mol. The van der Waals surface area contributed by atoms with Crippen LogP contribution in [0.25, 0.3) is 10.3 Å². The van der Waals surface area contributed by atoms with Crippen LogP contribution in [0, 0.1) is 0 Å². The Morgan fingerprint density at radius 3 is 2.38 bits per heavy atom. The Morgan fingerprint density at radius 1 is 0.875 bits per heavy atom. The Bertz CT molecular complexity index is 1400. The summed E-state index contributed by atoms with van der Waals surface area (Å²) in [6, 6.07) is 17.0. The van der Waals surface area contributed by atoms with Crippen molar-refractivity contribution >= 4 is 33.5 Å². The monoisotopic (exact) mass is 558 g/mol. The second kappa shape index (κ2) is 12.6. The third kappa shape index (κ3) is 6.75. The molecule has 1 saturated carbocycles. The van der Waals surface area contributed by atoms with Gasteiger partial charge in [0.25, 0.3) is 0 Å². The average molecular weight is 559 g/mol. The number of pyridine rings is 1. The Balaban J connectivity index is 1.20. The van der Waals surface area contributed by atoms with Gasteiger partial charge in [-0.15, -0.1) is 0 Å². The first-order valence-corrected chi connectivity index (χ1v) is 15.2. The molecule has 4 heterocycles. The maximum atomic E-state index is 9.91. The minimum Gasteiger partial charge on any atom is -0.393 e. The number of thiazole rings is 1. The molecule has 6 rings (SSSR count). The molecule has 4 aromatic rings. The molecule has 1 aromatic carbocycles. The number of rotatable bonds is 9. The maximum absolute atomic E-state index is 9.91. The fourth-order valence-corrected chi connectivity index (χ4v) is 6.59. The van der Waals surface area contributed by atoms with Gasteiger partial charge in [0.15, 0.2) is 0 Å². The molecule has 0 unspecified atom stereocenters. The lowest BCUT2D eigenvalue weighted by Gasteiger charge is -2.35. The van der Waals surface area contributed by atoms with Crippen molar-refractivity contribution in [1.29, 1.82) is 0 Å². The molecule has 0 spiro atoms. The molecule has 9 nitrogen and oxygen atoms in total. The Labute approximate surface area is 239 Å². The lowest BCUT2D eigenvalue weighted by Crippen LogP contribution is -2.48. The van der Waals surface area contributed by atoms with E-state index < -0.39 is 0 Å². The van der Waals surface area contributed by atoms with Gasteiger partial charge in [0.1, 0.15) is 21.2 Å². The van der Waals surface area contributed by atoms with Crippen LogP contribution in [0.3, 0.4) is 0 Å². The first-order valence-electron chi connectivity index (χ1n) is 14.4. The molecule has 0 amide bonds. The van der Waals surface area contributed by atoms with Gasteiger partial charge < -0.3 is 21.1 Å². The fourth-order valence-electron chi connectivity index (χ4n) is 5.65. The number of aliphatic hydroxyl groups excluding tert-OH is 1. The number of hydrogen-bond acceptors (Lipinski definition) is 10. The molecule has 40 heavy (non-hydrogen) atoms. The van der Waals surface area contributed by atoms with Crippen LogP contribution >= 0.6 is 11.3 Å². The van der Waals surface area contributed by atoms with E-state index in [1.807, 2.05) is 6.07 Å². The quantitative estimate of drug-likeness (QED) is 0.284. The van der Waals surface area contributed by atoms with Gasteiger partial charge in [-0.05, 0) is 49.4 Å². The normalized spacial score (nSPS) is 20.2. The van der Waals surface area contributed by atoms with E-state index in [9.17, 15) is 5.11 Å². The summed E-state index contributed by atoms with van der Waals surface area (Å²) in [5.41, 5.74) is 9.83. The molecule has 2 aliphatic rings. The van der Waals surface area contributed by atoms with Gasteiger partial charge in [0.05, 0.1) is 17.5 Å². The van der Waals surface area contributed by atoms with Gasteiger partial charge in [0, 0.05) is 58.2 Å². The van der Waals surface area contributed by atoms with Crippen molar-refractivity contribution in [3.05, 3.63) is 70.5 Å². The third-order valence-corrected chi connectivity index (χ3v) is 8.81. The molecule has 1 aliphatic heterocycles. The van der Waals surface area contributed by atoms with Gasteiger partial charge >= 0.3 is 0 Å². The summed E-state index contributed by atoms with van der Waals surface area (Å²) in [6.45, 7) is 5.62. The number of nitrogens with two attached hydrogens (primary N) is 1. The highest BCUT2D eigenvalue weighted by Crippen LogP contribution is 2.27. The van der Waals surface area contributed by atoms with Crippen LogP contribution in [0.4, 0.5) is 11.8 Å². The van der Waals surface area contributed by atoms with Crippen molar-refractivity contribution in [1.82, 2.24) is 24.8 Å². The van der Waals surface area contributed by atoms with E-state index in [0.29, 0.717) is 18.9 Å². The molecule has 0 bridgehead atoms. The smallest absolute Gasteiger partial charge is 0.223 e. The Morgan fingerprint density at radius 2 is 1.62 bits per heavy atom. The Kier molecular flexibility index (Phi) is 8.48. The number of anilines is 2. The van der Waals surface area contributed by atoms with Crippen molar-refractivity contribution in [2.75, 3.05) is 49.5 Å². The minimum absolute atomic E-state index is 0.187. The molecule has 1 aliphatic carbocycles. The van der Waals surface area contributed by atoms with Crippen LogP contribution in [0.1, 0.15) is 47.6 Å². The number of nitrogens with zero attached hydrogens (tertiary/aromatic N) is 6. The summed E-state index contributed by atoms with van der Waals surface area (Å²) in [4.78, 5) is 25.4. The van der Waals surface area contributed by atoms with E-state index in [4.69, 9.17) is 25.7 Å². The van der Waals surface area contributed by atoms with E-state index in [1.54, 1.807) is 11.3 Å². The second-order valence-corrected chi connectivity index (χ2v) is 11.9. The van der Waals surface area contributed by atoms with Crippen LogP contribution in [0.5, 0.6) is 0 Å². The number of aromatic nitrogens is 4. The number of nitrogens with one attached hydrogen (secondary N) is 1. The maximum Gasteiger partial charge on any atom is 0.223 e. The second-order valence-electron chi connectivity index (χ2n) is 10.9. The first-order chi connectivity index (χ1) is 19.6. The molecule has 0 radical (unpaired) electrons. The number of fused-ring (bicyclic) bond motifs is 1. The van der Waals surface area contributed by atoms with Crippen LogP contribution in [-0.2, 0) is 12.8 Å². The summed E-state index contributed by atoms with van der Waals surface area (Å²) in [7, 11) is 0. The van der Waals surface area contributed by atoms with E-state index in [-0.39, 0.29) is 12.1 Å². The zero-order valence-electron chi connectivity index (χ0n) is 22.9. The lowest BCUT2D eigenvalue weighted by atomic mass is 9.93. The van der Waals surface area contributed by atoms with Crippen molar-refractivity contribution < 1.29 is 5.11 Å². The molecule has 1 saturated heterocycles. The molecule has 210 valence electrons. The minimum atomic E-state index is -0.187. The molecular formula is C30H38N8OS. The van der Waals surface area contributed by atoms with Gasteiger partial charge in [-0.3, -0.25) is 4.90 Å². The zero-order valence-corrected chi connectivity index (χ0v) is 23.7. The number of benzene rings is 1. The highest BCUT2D eigenvalue weighted by Gasteiger charge is 2.21. The van der Waals surface area contributed by atoms with Gasteiger partial charge in [-0.1, -0.05) is 41.7 Å². The highest BCUT2D eigenvalue weighted by atomic mass is 32.1. The molecule has 2 fully saturated rings. The zero-order chi connectivity index (χ0) is 27.3. The predicted octanol–water partition coefficient (Wildman–Crippen LogP) is 3.46. The summed E-state index contributed by atoms with van der Waals surface area (Å²) >= 11 is 1.65. The highest BCUT2D eigenvalue weighted by molar-refractivity contribution is 7.18. The van der Waals surface area contributed by atoms with Crippen molar-refractivity contribution in [3.63, 3.8) is 0 Å². The lowest BCUT2D eigenvalue weighted by molar-refractivity contribution is 0.126. The fraction of sp³-hybridized carbons (Fsp3) is 0.467. The molecule has 10 heteroatoms. The van der Waals surface area contributed by atoms with Crippen molar-refractivity contribution in [2.45, 2.75) is 50.7 Å². The van der Waals surface area contributed by atoms with E-state index in [0.717, 1.165) is 97.4 Å². The van der Waals surface area contributed by atoms with E-state index in [1.165, 1.54) is 5.56 Å². The van der Waals surface area contributed by atoms with Gasteiger partial charge in [-0.25, -0.2) is 19.9 Å². The summed E-state index contributed by atoms with van der Waals surface area (Å²) in [5, 5.41) is 14.5. The van der Waals surface area contributed by atoms with Crippen molar-refractivity contribution in [2.24, 2.45) is 5.73 Å². The van der Waals surface area contributed by atoms with Crippen molar-refractivity contribution in [3.8, 4) is 0 Å². The topological polar surface area (TPSA) is 116 Å². The summed E-state index contributed by atoms with van der Waals surface area (Å²) in [6.07, 6.45) is 4.69. The number of piperazine rings is 1. The molecule has 3 aromatic heterocycles. The van der Waals surface area contributed by atoms with E-state index in [2.05, 4.69) is 57.6 Å². The summed E-state index contributed by atoms with van der Waals surface area (Å²) in [5.74, 6) is 1.69. The van der Waals surface area contributed by atoms with Crippen LogP contribution in [0.15, 0.2) is 48.5 Å². The Hall–Kier alpha value is -3.18. The van der Waals surface area contributed by atoms with Crippen LogP contribution in [0.2, 0.25) is 0 Å². The largest absolute Gasteiger partial charge is 0.393 e. The average Bonchev–Trinajstić information content (AvgIpc) is 3.37. The van der Waals surface area contributed by atoms with Gasteiger partial charge in [-0.2, -0.15) is 0 Å². The SMILES string of the molecule is NCCN1CCN(c2ccc3nc(Cc4cc(Cc5ccccc5)nc(NC5CCC(O)CC5)n4)sc3n2)CC1. The molecular weight excluding hydrogens is 520 g/mol. The van der Waals surface area contributed by atoms with Crippen LogP contribution < -0.4 is 16.0 Å². The van der Waals surface area contributed by atoms with Crippen LogP contribution in [-0.4, -0.2) is 81.4 Å². The third-order valence-electron chi connectivity index (χ3n) is 7.85. The van der Waals surface area contributed by atoms with E-state index >= 15 is 0 Å². The number of hydrogen-bond donors (Lipinski definition) is 3.